The lowest BCUT2D eigenvalue weighted by molar-refractivity contribution is 0.0376. The summed E-state index contributed by atoms with van der Waals surface area (Å²) in [6.45, 7) is 0. The first kappa shape index (κ1) is 14.8. The van der Waals surface area contributed by atoms with E-state index in [0.717, 1.165) is 5.56 Å². The van der Waals surface area contributed by atoms with Gasteiger partial charge in [0.05, 0.1) is 10.0 Å². The summed E-state index contributed by atoms with van der Waals surface area (Å²) in [7, 11) is 0. The second kappa shape index (κ2) is 6.73. The second-order valence-corrected chi connectivity index (χ2v) is 6.27. The lowest BCUT2D eigenvalue weighted by atomic mass is 10.1. The molecule has 0 N–H and O–H groups in total. The Morgan fingerprint density at radius 2 is 1.82 bits per heavy atom. The van der Waals surface area contributed by atoms with Gasteiger partial charge in [-0.1, -0.05) is 48.0 Å². The van der Waals surface area contributed by atoms with E-state index >= 15 is 0 Å². The molecule has 2 heterocycles. The Kier molecular flexibility index (Phi) is 4.51. The van der Waals surface area contributed by atoms with Gasteiger partial charge in [-0.3, -0.25) is 4.98 Å². The van der Waals surface area contributed by atoms with Gasteiger partial charge in [0.1, 0.15) is 4.88 Å². The standard InChI is InChI=1S/C17H12ClNO2S/c18-15-10-9-14(22-15)17(20)21-16(12-6-2-1-3-7-12)13-8-4-5-11-19-13/h1-11,16H. The molecule has 0 aliphatic rings. The van der Waals surface area contributed by atoms with Crippen LogP contribution in [0, 0.1) is 0 Å². The minimum Gasteiger partial charge on any atom is -0.447 e. The molecule has 3 rings (SSSR count). The number of aromatic nitrogens is 1. The van der Waals surface area contributed by atoms with Crippen LogP contribution < -0.4 is 0 Å². The van der Waals surface area contributed by atoms with Gasteiger partial charge in [-0.25, -0.2) is 4.79 Å². The van der Waals surface area contributed by atoms with Crippen molar-refractivity contribution in [2.45, 2.75) is 6.10 Å². The minimum absolute atomic E-state index is 0.406. The number of rotatable bonds is 4. The van der Waals surface area contributed by atoms with Gasteiger partial charge in [0.15, 0.2) is 6.10 Å². The lowest BCUT2D eigenvalue weighted by Crippen LogP contribution is -2.13. The molecule has 1 aromatic carbocycles. The van der Waals surface area contributed by atoms with Crippen LogP contribution in [0.5, 0.6) is 0 Å². The molecule has 1 atom stereocenters. The van der Waals surface area contributed by atoms with E-state index in [0.29, 0.717) is 14.9 Å². The predicted octanol–water partition coefficient (Wildman–Crippen LogP) is 4.74. The van der Waals surface area contributed by atoms with Crippen LogP contribution in [-0.2, 0) is 4.74 Å². The SMILES string of the molecule is O=C(OC(c1ccccc1)c1ccccn1)c1ccc(Cl)s1. The van der Waals surface area contributed by atoms with Crippen LogP contribution >= 0.6 is 22.9 Å². The van der Waals surface area contributed by atoms with Gasteiger partial charge in [-0.15, -0.1) is 11.3 Å². The summed E-state index contributed by atoms with van der Waals surface area (Å²) in [5, 5.41) is 0. The lowest BCUT2D eigenvalue weighted by Gasteiger charge is -2.17. The quantitative estimate of drug-likeness (QED) is 0.649. The van der Waals surface area contributed by atoms with Crippen LogP contribution in [0.25, 0.3) is 0 Å². The van der Waals surface area contributed by atoms with E-state index in [2.05, 4.69) is 4.98 Å². The number of carbonyl (C=O) groups excluding carboxylic acids is 1. The Morgan fingerprint density at radius 3 is 2.45 bits per heavy atom. The normalized spacial score (nSPS) is 11.9. The first-order valence-electron chi connectivity index (χ1n) is 6.66. The van der Waals surface area contributed by atoms with Crippen LogP contribution in [0.4, 0.5) is 0 Å². The molecule has 0 fully saturated rings. The number of benzene rings is 1. The fraction of sp³-hybridized carbons (Fsp3) is 0.0588. The van der Waals surface area contributed by atoms with Crippen LogP contribution in [0.2, 0.25) is 4.34 Å². The molecule has 0 aliphatic carbocycles. The topological polar surface area (TPSA) is 39.2 Å². The highest BCUT2D eigenvalue weighted by atomic mass is 35.5. The number of carbonyl (C=O) groups is 1. The average Bonchev–Trinajstić information content (AvgIpc) is 3.01. The highest BCUT2D eigenvalue weighted by Crippen LogP contribution is 2.28. The first-order valence-corrected chi connectivity index (χ1v) is 7.85. The first-order chi connectivity index (χ1) is 10.7. The molecule has 0 spiro atoms. The van der Waals surface area contributed by atoms with E-state index in [1.807, 2.05) is 48.5 Å². The van der Waals surface area contributed by atoms with Gasteiger partial charge in [0.2, 0.25) is 0 Å². The average molecular weight is 330 g/mol. The molecular weight excluding hydrogens is 318 g/mol. The molecule has 0 bridgehead atoms. The maximum atomic E-state index is 12.3. The third kappa shape index (κ3) is 3.35. The molecular formula is C17H12ClNO2S. The van der Waals surface area contributed by atoms with Gasteiger partial charge in [-0.05, 0) is 29.8 Å². The van der Waals surface area contributed by atoms with Crippen molar-refractivity contribution in [3.8, 4) is 0 Å². The molecule has 3 nitrogen and oxygen atoms in total. The highest BCUT2D eigenvalue weighted by Gasteiger charge is 2.21. The third-order valence-corrected chi connectivity index (χ3v) is 4.27. The fourth-order valence-electron chi connectivity index (χ4n) is 2.05. The zero-order chi connectivity index (χ0) is 15.4. The summed E-state index contributed by atoms with van der Waals surface area (Å²) < 4.78 is 6.23. The third-order valence-electron chi connectivity index (χ3n) is 3.06. The molecule has 22 heavy (non-hydrogen) atoms. The van der Waals surface area contributed by atoms with Crippen LogP contribution in [0.3, 0.4) is 0 Å². The largest absolute Gasteiger partial charge is 0.447 e. The monoisotopic (exact) mass is 329 g/mol. The zero-order valence-electron chi connectivity index (χ0n) is 11.5. The molecule has 2 aromatic heterocycles. The molecule has 0 amide bonds. The van der Waals surface area contributed by atoms with Gasteiger partial charge in [0, 0.05) is 6.20 Å². The molecule has 5 heteroatoms. The van der Waals surface area contributed by atoms with Crippen LogP contribution in [0.1, 0.15) is 27.0 Å². The van der Waals surface area contributed by atoms with E-state index in [9.17, 15) is 4.79 Å². The number of nitrogens with zero attached hydrogens (tertiary/aromatic N) is 1. The Bertz CT molecular complexity index is 719. The summed E-state index contributed by atoms with van der Waals surface area (Å²) in [4.78, 5) is 17.1. The van der Waals surface area contributed by atoms with Gasteiger partial charge in [0.25, 0.3) is 0 Å². The van der Waals surface area contributed by atoms with E-state index < -0.39 is 12.1 Å². The summed E-state index contributed by atoms with van der Waals surface area (Å²) in [5.41, 5.74) is 1.56. The smallest absolute Gasteiger partial charge is 0.349 e. The van der Waals surface area contributed by atoms with E-state index in [4.69, 9.17) is 16.3 Å². The fourth-order valence-corrected chi connectivity index (χ4v) is 2.97. The molecule has 0 saturated carbocycles. The molecule has 3 aromatic rings. The molecule has 0 aliphatic heterocycles. The number of halogens is 1. The minimum atomic E-state index is -0.546. The summed E-state index contributed by atoms with van der Waals surface area (Å²) in [6.07, 6.45) is 1.14. The Balaban J connectivity index is 1.91. The summed E-state index contributed by atoms with van der Waals surface area (Å²) in [6, 6.07) is 18.4. The van der Waals surface area contributed by atoms with Crippen molar-refractivity contribution >= 4 is 28.9 Å². The van der Waals surface area contributed by atoms with Crippen molar-refractivity contribution in [3.63, 3.8) is 0 Å². The van der Waals surface area contributed by atoms with E-state index in [-0.39, 0.29) is 0 Å². The number of hydrogen-bond donors (Lipinski definition) is 0. The zero-order valence-corrected chi connectivity index (χ0v) is 13.1. The number of esters is 1. The molecule has 1 unspecified atom stereocenters. The molecule has 110 valence electrons. The Hall–Kier alpha value is -2.17. The van der Waals surface area contributed by atoms with Gasteiger partial charge in [-0.2, -0.15) is 0 Å². The summed E-state index contributed by atoms with van der Waals surface area (Å²) >= 11 is 7.07. The van der Waals surface area contributed by atoms with Gasteiger partial charge < -0.3 is 4.74 Å². The Labute approximate surface area is 137 Å². The molecule has 0 saturated heterocycles. The van der Waals surface area contributed by atoms with Crippen molar-refractivity contribution in [2.24, 2.45) is 0 Å². The van der Waals surface area contributed by atoms with Crippen LogP contribution in [0.15, 0.2) is 66.9 Å². The van der Waals surface area contributed by atoms with Crippen molar-refractivity contribution in [3.05, 3.63) is 87.3 Å². The maximum absolute atomic E-state index is 12.3. The van der Waals surface area contributed by atoms with Crippen molar-refractivity contribution < 1.29 is 9.53 Å². The van der Waals surface area contributed by atoms with E-state index in [1.54, 1.807) is 18.3 Å². The maximum Gasteiger partial charge on any atom is 0.349 e. The summed E-state index contributed by atoms with van der Waals surface area (Å²) in [5.74, 6) is -0.406. The van der Waals surface area contributed by atoms with E-state index in [1.165, 1.54) is 11.3 Å². The molecule has 0 radical (unpaired) electrons. The highest BCUT2D eigenvalue weighted by molar-refractivity contribution is 7.17. The Morgan fingerprint density at radius 1 is 1.05 bits per heavy atom. The van der Waals surface area contributed by atoms with Crippen molar-refractivity contribution in [1.29, 1.82) is 0 Å². The van der Waals surface area contributed by atoms with Gasteiger partial charge >= 0.3 is 5.97 Å². The second-order valence-electron chi connectivity index (χ2n) is 4.55. The van der Waals surface area contributed by atoms with Crippen molar-refractivity contribution in [1.82, 2.24) is 4.98 Å². The van der Waals surface area contributed by atoms with Crippen molar-refractivity contribution in [2.75, 3.05) is 0 Å². The number of hydrogen-bond acceptors (Lipinski definition) is 4. The predicted molar refractivity (Wildman–Crippen MR) is 87.3 cm³/mol. The number of pyridine rings is 1. The number of ether oxygens (including phenoxy) is 1. The van der Waals surface area contributed by atoms with Crippen LogP contribution in [-0.4, -0.2) is 11.0 Å². The number of thiophene rings is 1.